The summed E-state index contributed by atoms with van der Waals surface area (Å²) in [7, 11) is 0. The molecule has 3 rings (SSSR count). The van der Waals surface area contributed by atoms with E-state index in [-0.39, 0.29) is 11.5 Å². The minimum Gasteiger partial charge on any atom is -0.339 e. The second kappa shape index (κ2) is 7.27. The Morgan fingerprint density at radius 3 is 2.79 bits per heavy atom. The summed E-state index contributed by atoms with van der Waals surface area (Å²) in [6.07, 6.45) is 2.21. The molecule has 1 amide bonds. The number of fused-ring (bicyclic) bond motifs is 1. The number of aromatic nitrogens is 2. The Kier molecular flexibility index (Phi) is 5.30. The van der Waals surface area contributed by atoms with E-state index in [1.54, 1.807) is 10.6 Å². The lowest BCUT2D eigenvalue weighted by atomic mass is 10.2. The summed E-state index contributed by atoms with van der Waals surface area (Å²) in [6.45, 7) is 5.20. The van der Waals surface area contributed by atoms with Gasteiger partial charge in [-0.05, 0) is 44.9 Å². The van der Waals surface area contributed by atoms with E-state index in [0.717, 1.165) is 23.9 Å². The first-order valence-electron chi connectivity index (χ1n) is 8.17. The van der Waals surface area contributed by atoms with E-state index in [4.69, 9.17) is 0 Å². The summed E-state index contributed by atoms with van der Waals surface area (Å²) in [5, 5.41) is 1.20. The number of amides is 1. The van der Waals surface area contributed by atoms with Gasteiger partial charge in [0.1, 0.15) is 0 Å². The van der Waals surface area contributed by atoms with Gasteiger partial charge in [-0.15, -0.1) is 0 Å². The maximum atomic E-state index is 12.7. The highest BCUT2D eigenvalue weighted by molar-refractivity contribution is 9.10. The van der Waals surface area contributed by atoms with Gasteiger partial charge >= 0.3 is 0 Å². The molecule has 0 unspecified atom stereocenters. The first-order valence-corrected chi connectivity index (χ1v) is 9.95. The van der Waals surface area contributed by atoms with Gasteiger partial charge in [-0.1, -0.05) is 27.7 Å². The quantitative estimate of drug-likeness (QED) is 0.542. The van der Waals surface area contributed by atoms with Crippen LogP contribution in [0.5, 0.6) is 0 Å². The zero-order valence-electron chi connectivity index (χ0n) is 13.8. The van der Waals surface area contributed by atoms with Gasteiger partial charge in [0, 0.05) is 23.6 Å². The largest absolute Gasteiger partial charge is 0.339 e. The molecular weight excluding hydrogens is 390 g/mol. The number of halogens is 1. The van der Waals surface area contributed by atoms with Crippen molar-refractivity contribution in [1.29, 1.82) is 0 Å². The van der Waals surface area contributed by atoms with Gasteiger partial charge in [0.25, 0.3) is 5.56 Å². The monoisotopic (exact) mass is 409 g/mol. The molecule has 0 aliphatic heterocycles. The fourth-order valence-electron chi connectivity index (χ4n) is 2.80. The third kappa shape index (κ3) is 3.52. The van der Waals surface area contributed by atoms with Crippen LogP contribution >= 0.6 is 27.7 Å². The number of carbonyl (C=O) groups is 1. The molecule has 0 spiro atoms. The molecule has 0 bridgehead atoms. The summed E-state index contributed by atoms with van der Waals surface area (Å²) in [5.41, 5.74) is 0.602. The van der Waals surface area contributed by atoms with Crippen LogP contribution in [0, 0.1) is 0 Å². The minimum atomic E-state index is -0.0618. The zero-order chi connectivity index (χ0) is 17.3. The fraction of sp³-hybridized carbons (Fsp3) is 0.471. The number of benzene rings is 1. The molecule has 1 fully saturated rings. The molecule has 24 heavy (non-hydrogen) atoms. The van der Waals surface area contributed by atoms with Gasteiger partial charge in [0.05, 0.1) is 16.7 Å². The second-order valence-corrected chi connectivity index (χ2v) is 7.66. The Morgan fingerprint density at radius 1 is 1.42 bits per heavy atom. The summed E-state index contributed by atoms with van der Waals surface area (Å²) in [6, 6.07) is 5.91. The molecule has 1 aromatic carbocycles. The van der Waals surface area contributed by atoms with Crippen molar-refractivity contribution in [2.24, 2.45) is 0 Å². The number of thioether (sulfide) groups is 1. The molecular formula is C17H20BrN3O2S. The van der Waals surface area contributed by atoms with Crippen molar-refractivity contribution in [3.8, 4) is 0 Å². The van der Waals surface area contributed by atoms with Crippen LogP contribution in [0.1, 0.15) is 26.7 Å². The Hall–Kier alpha value is -1.34. The average molecular weight is 410 g/mol. The first-order chi connectivity index (χ1) is 11.5. The van der Waals surface area contributed by atoms with Crippen LogP contribution in [-0.2, 0) is 11.3 Å². The minimum absolute atomic E-state index is 0.0618. The van der Waals surface area contributed by atoms with Gasteiger partial charge in [-0.25, -0.2) is 4.98 Å². The van der Waals surface area contributed by atoms with E-state index in [1.807, 2.05) is 30.9 Å². The average Bonchev–Trinajstić information content (AvgIpc) is 3.39. The molecule has 2 aromatic rings. The Morgan fingerprint density at radius 2 is 2.17 bits per heavy atom. The summed E-state index contributed by atoms with van der Waals surface area (Å²) in [5.74, 6) is 0.441. The Bertz CT molecular complexity index is 832. The smallest absolute Gasteiger partial charge is 0.262 e. The van der Waals surface area contributed by atoms with Crippen molar-refractivity contribution in [3.63, 3.8) is 0 Å². The summed E-state index contributed by atoms with van der Waals surface area (Å²) < 4.78 is 2.50. The zero-order valence-corrected chi connectivity index (χ0v) is 16.2. The lowest BCUT2D eigenvalue weighted by Crippen LogP contribution is -2.34. The van der Waals surface area contributed by atoms with Crippen molar-refractivity contribution < 1.29 is 4.79 Å². The van der Waals surface area contributed by atoms with Gasteiger partial charge in [-0.2, -0.15) is 0 Å². The Balaban J connectivity index is 1.87. The standard InChI is InChI=1S/C17H20BrN3O2S/c1-3-20(12-6-7-12)15(22)10-24-17-19-14-8-5-11(18)9-13(14)16(23)21(17)4-2/h5,8-9,12H,3-4,6-7,10H2,1-2H3. The molecule has 7 heteroatoms. The summed E-state index contributed by atoms with van der Waals surface area (Å²) >= 11 is 4.74. The predicted molar refractivity (Wildman–Crippen MR) is 101 cm³/mol. The van der Waals surface area contributed by atoms with E-state index >= 15 is 0 Å². The SMILES string of the molecule is CCN(C(=O)CSc1nc2ccc(Br)cc2c(=O)n1CC)C1CC1. The highest BCUT2D eigenvalue weighted by Crippen LogP contribution is 2.28. The second-order valence-electron chi connectivity index (χ2n) is 5.80. The fourth-order valence-corrected chi connectivity index (χ4v) is 4.11. The summed E-state index contributed by atoms with van der Waals surface area (Å²) in [4.78, 5) is 31.6. The highest BCUT2D eigenvalue weighted by Gasteiger charge is 2.31. The van der Waals surface area contributed by atoms with E-state index in [0.29, 0.717) is 34.4 Å². The molecule has 1 heterocycles. The van der Waals surface area contributed by atoms with Gasteiger partial charge < -0.3 is 4.90 Å². The van der Waals surface area contributed by atoms with Crippen molar-refractivity contribution in [3.05, 3.63) is 33.0 Å². The van der Waals surface area contributed by atoms with Crippen LogP contribution in [0.25, 0.3) is 10.9 Å². The van der Waals surface area contributed by atoms with Crippen LogP contribution in [0.4, 0.5) is 0 Å². The molecule has 5 nitrogen and oxygen atoms in total. The van der Waals surface area contributed by atoms with Gasteiger partial charge in [0.15, 0.2) is 5.16 Å². The van der Waals surface area contributed by atoms with E-state index in [2.05, 4.69) is 20.9 Å². The number of carbonyl (C=O) groups excluding carboxylic acids is 1. The number of nitrogens with zero attached hydrogens (tertiary/aromatic N) is 3. The van der Waals surface area contributed by atoms with Gasteiger partial charge in [-0.3, -0.25) is 14.2 Å². The molecule has 0 radical (unpaired) electrons. The van der Waals surface area contributed by atoms with Crippen molar-refractivity contribution in [1.82, 2.24) is 14.5 Å². The number of hydrogen-bond acceptors (Lipinski definition) is 4. The van der Waals surface area contributed by atoms with Crippen LogP contribution < -0.4 is 5.56 Å². The number of hydrogen-bond donors (Lipinski definition) is 0. The number of rotatable bonds is 6. The molecule has 1 saturated carbocycles. The van der Waals surface area contributed by atoms with Crippen LogP contribution in [0.15, 0.2) is 32.6 Å². The molecule has 1 aliphatic carbocycles. The van der Waals surface area contributed by atoms with E-state index < -0.39 is 0 Å². The van der Waals surface area contributed by atoms with Crippen LogP contribution in [0.2, 0.25) is 0 Å². The van der Waals surface area contributed by atoms with Crippen LogP contribution in [-0.4, -0.2) is 38.7 Å². The first kappa shape index (κ1) is 17.5. The highest BCUT2D eigenvalue weighted by atomic mass is 79.9. The van der Waals surface area contributed by atoms with Crippen LogP contribution in [0.3, 0.4) is 0 Å². The third-order valence-electron chi connectivity index (χ3n) is 4.17. The maximum Gasteiger partial charge on any atom is 0.262 e. The van der Waals surface area contributed by atoms with Crippen molar-refractivity contribution >= 4 is 44.5 Å². The Labute approximate surface area is 153 Å². The molecule has 0 saturated heterocycles. The molecule has 0 N–H and O–H groups in total. The topological polar surface area (TPSA) is 55.2 Å². The molecule has 0 atom stereocenters. The van der Waals surface area contributed by atoms with E-state index in [9.17, 15) is 9.59 Å². The lowest BCUT2D eigenvalue weighted by molar-refractivity contribution is -0.128. The molecule has 128 valence electrons. The van der Waals surface area contributed by atoms with Gasteiger partial charge in [0.2, 0.25) is 5.91 Å². The molecule has 1 aromatic heterocycles. The third-order valence-corrected chi connectivity index (χ3v) is 5.63. The van der Waals surface area contributed by atoms with Crippen molar-refractivity contribution in [2.75, 3.05) is 12.3 Å². The van der Waals surface area contributed by atoms with Crippen molar-refractivity contribution in [2.45, 2.75) is 44.4 Å². The molecule has 1 aliphatic rings. The maximum absolute atomic E-state index is 12.7. The van der Waals surface area contributed by atoms with E-state index in [1.165, 1.54) is 11.8 Å². The lowest BCUT2D eigenvalue weighted by Gasteiger charge is -2.20. The predicted octanol–water partition coefficient (Wildman–Crippen LogP) is 3.28. The normalized spacial score (nSPS) is 14.1.